The van der Waals surface area contributed by atoms with E-state index in [0.717, 1.165) is 22.5 Å². The Morgan fingerprint density at radius 3 is 2.35 bits per heavy atom. The Labute approximate surface area is 109 Å². The van der Waals surface area contributed by atoms with Gasteiger partial charge in [0.15, 0.2) is 0 Å². The second-order valence-electron chi connectivity index (χ2n) is 3.99. The second kappa shape index (κ2) is 6.56. The zero-order valence-corrected chi connectivity index (χ0v) is 12.6. The van der Waals surface area contributed by atoms with E-state index in [4.69, 9.17) is 3.23 Å². The molecule has 1 aromatic rings. The fraction of sp³-hybridized carbons (Fsp3) is 0.500. The summed E-state index contributed by atoms with van der Waals surface area (Å²) < 4.78 is 29.4. The summed E-state index contributed by atoms with van der Waals surface area (Å²) in [5.74, 6) is 0. The van der Waals surface area contributed by atoms with Gasteiger partial charge in [0.2, 0.25) is 0 Å². The Kier molecular flexibility index (Phi) is 5.68. The molecule has 0 fully saturated rings. The minimum Gasteiger partial charge on any atom is -0.394 e. The molecule has 5 heteroatoms. The zero-order chi connectivity index (χ0) is 12.9. The predicted molar refractivity (Wildman–Crippen MR) is 70.8 cm³/mol. The van der Waals surface area contributed by atoms with Gasteiger partial charge in [-0.25, -0.2) is 0 Å². The maximum absolute atomic E-state index is 12.0. The fourth-order valence-corrected chi connectivity index (χ4v) is 5.67. The summed E-state index contributed by atoms with van der Waals surface area (Å²) in [5.41, 5.74) is 1.01. The van der Waals surface area contributed by atoms with E-state index in [1.165, 1.54) is 0 Å². The Balaban J connectivity index is 2.96. The maximum Gasteiger partial charge on any atom is 0.484 e. The van der Waals surface area contributed by atoms with Crippen LogP contribution in [-0.4, -0.2) is 22.9 Å². The first-order chi connectivity index (χ1) is 8.03. The van der Waals surface area contributed by atoms with Gasteiger partial charge in [0, 0.05) is 0 Å². The van der Waals surface area contributed by atoms with E-state index in [0.29, 0.717) is 0 Å². The van der Waals surface area contributed by atoms with E-state index in [1.54, 1.807) is 18.2 Å². The highest BCUT2D eigenvalue weighted by molar-refractivity contribution is 7.87. The molecule has 0 spiro atoms. The molecule has 1 aromatic carbocycles. The number of hydrogen-bond acceptors (Lipinski definition) is 3. The Morgan fingerprint density at radius 2 is 1.82 bits per heavy atom. The van der Waals surface area contributed by atoms with Crippen LogP contribution in [0.15, 0.2) is 29.2 Å². The molecule has 3 nitrogen and oxygen atoms in total. The van der Waals surface area contributed by atoms with Crippen LogP contribution in [0.2, 0.25) is 10.6 Å². The summed E-state index contributed by atoms with van der Waals surface area (Å²) >= 11 is -1.60. The van der Waals surface area contributed by atoms with Crippen molar-refractivity contribution in [2.75, 3.05) is 0 Å². The minimum atomic E-state index is -3.55. The summed E-state index contributed by atoms with van der Waals surface area (Å²) in [6.45, 7) is 5.97. The molecule has 0 saturated heterocycles. The molecule has 0 atom stereocenters. The summed E-state index contributed by atoms with van der Waals surface area (Å²) in [6, 6.07) is 6.99. The van der Waals surface area contributed by atoms with E-state index < -0.39 is 24.6 Å². The summed E-state index contributed by atoms with van der Waals surface area (Å²) in [4.78, 5) is 0.288. The normalized spacial score (nSPS) is 11.5. The van der Waals surface area contributed by atoms with Gasteiger partial charge < -0.3 is 3.23 Å². The molecular weight excluding hydrogens is 251 g/mol. The monoisotopic (exact) mass is 270 g/mol. The van der Waals surface area contributed by atoms with Gasteiger partial charge in [-0.05, 0) is 24.1 Å². The van der Waals surface area contributed by atoms with Gasteiger partial charge in [-0.1, -0.05) is 43.5 Å². The molecule has 0 aliphatic carbocycles. The molecule has 17 heavy (non-hydrogen) atoms. The van der Waals surface area contributed by atoms with Crippen molar-refractivity contribution >= 4 is 24.6 Å². The first-order valence-electron chi connectivity index (χ1n) is 6.05. The summed E-state index contributed by atoms with van der Waals surface area (Å²) in [7, 11) is -3.55. The van der Waals surface area contributed by atoms with Crippen LogP contribution in [0.5, 0.6) is 0 Å². The molecule has 0 N–H and O–H groups in total. The summed E-state index contributed by atoms with van der Waals surface area (Å²) in [5, 5.41) is 1.67. The van der Waals surface area contributed by atoms with Crippen LogP contribution in [0.3, 0.4) is 0 Å². The third-order valence-electron chi connectivity index (χ3n) is 2.77. The van der Waals surface area contributed by atoms with Crippen LogP contribution in [0, 0.1) is 0 Å². The molecule has 0 unspecified atom stereocenters. The van der Waals surface area contributed by atoms with Crippen molar-refractivity contribution in [2.45, 2.75) is 42.7 Å². The average molecular weight is 270 g/mol. The van der Waals surface area contributed by atoms with Gasteiger partial charge in [0.1, 0.15) is 0 Å². The number of rotatable bonds is 6. The highest BCUT2D eigenvalue weighted by Gasteiger charge is 2.25. The van der Waals surface area contributed by atoms with E-state index >= 15 is 0 Å². The first-order valence-corrected chi connectivity index (χ1v) is 9.57. The lowest BCUT2D eigenvalue weighted by Crippen LogP contribution is -2.21. The topological polar surface area (TPSA) is 43.4 Å². The average Bonchev–Trinajstić information content (AvgIpc) is 2.36. The lowest BCUT2D eigenvalue weighted by atomic mass is 10.2. The lowest BCUT2D eigenvalue weighted by Gasteiger charge is -2.11. The Bertz CT molecular complexity index is 453. The van der Waals surface area contributed by atoms with Crippen molar-refractivity contribution in [3.8, 4) is 0 Å². The minimum absolute atomic E-state index is 0.288. The summed E-state index contributed by atoms with van der Waals surface area (Å²) in [6.07, 6.45) is 0.825. The van der Waals surface area contributed by atoms with Crippen molar-refractivity contribution in [3.63, 3.8) is 0 Å². The van der Waals surface area contributed by atoms with Gasteiger partial charge in [-0.3, -0.25) is 0 Å². The standard InChI is InChI=1S/C8H10O3S.2C2H5.Al/c1-2-7-4-3-5-8(6-7)12(9,10)11;2*1-2;/h3-6H,2H2,1H3,(H,9,10,11);2*1H2,2H3;/q;;;+1/p-1. The molecular formula is C12H19AlO3S. The third-order valence-corrected chi connectivity index (χ3v) is 7.52. The van der Waals surface area contributed by atoms with Crippen LogP contribution in [0.25, 0.3) is 0 Å². The highest BCUT2D eigenvalue weighted by atomic mass is 32.2. The quantitative estimate of drug-likeness (QED) is 0.746. The third kappa shape index (κ3) is 4.11. The SMILES string of the molecule is CCc1cccc(S(=O)(=O)[O][Al]([CH2]C)[CH2]C)c1. The van der Waals surface area contributed by atoms with E-state index in [1.807, 2.05) is 26.8 Å². The van der Waals surface area contributed by atoms with Gasteiger partial charge in [0.05, 0.1) is 4.90 Å². The number of hydrogen-bond donors (Lipinski definition) is 0. The molecule has 0 heterocycles. The maximum atomic E-state index is 12.0. The van der Waals surface area contributed by atoms with Gasteiger partial charge in [-0.2, -0.15) is 8.42 Å². The van der Waals surface area contributed by atoms with E-state index in [9.17, 15) is 8.42 Å². The molecule has 94 valence electrons. The van der Waals surface area contributed by atoms with Crippen LogP contribution >= 0.6 is 0 Å². The van der Waals surface area contributed by atoms with Gasteiger partial charge in [0.25, 0.3) is 10.1 Å². The molecule has 0 amide bonds. The van der Waals surface area contributed by atoms with Crippen LogP contribution in [0.1, 0.15) is 26.3 Å². The highest BCUT2D eigenvalue weighted by Crippen LogP contribution is 2.17. The second-order valence-corrected chi connectivity index (χ2v) is 9.02. The first kappa shape index (κ1) is 14.7. The van der Waals surface area contributed by atoms with Crippen LogP contribution in [0.4, 0.5) is 0 Å². The largest absolute Gasteiger partial charge is 0.484 e. The smallest absolute Gasteiger partial charge is 0.394 e. The molecule has 0 aliphatic heterocycles. The zero-order valence-electron chi connectivity index (χ0n) is 10.6. The van der Waals surface area contributed by atoms with Crippen LogP contribution in [-0.2, 0) is 19.8 Å². The van der Waals surface area contributed by atoms with Crippen molar-refractivity contribution in [3.05, 3.63) is 29.8 Å². The molecule has 0 aliphatic rings. The van der Waals surface area contributed by atoms with Gasteiger partial charge in [-0.15, -0.1) is 0 Å². The molecule has 0 saturated carbocycles. The van der Waals surface area contributed by atoms with Crippen molar-refractivity contribution in [2.24, 2.45) is 0 Å². The Morgan fingerprint density at radius 1 is 1.18 bits per heavy atom. The van der Waals surface area contributed by atoms with Gasteiger partial charge >= 0.3 is 14.5 Å². The molecule has 1 rings (SSSR count). The fourth-order valence-electron chi connectivity index (χ4n) is 1.58. The van der Waals surface area contributed by atoms with E-state index in [-0.39, 0.29) is 4.90 Å². The lowest BCUT2D eigenvalue weighted by molar-refractivity contribution is 0.489. The van der Waals surface area contributed by atoms with Crippen molar-refractivity contribution in [1.29, 1.82) is 0 Å². The van der Waals surface area contributed by atoms with Crippen molar-refractivity contribution in [1.82, 2.24) is 0 Å². The number of benzene rings is 1. The molecule has 0 bridgehead atoms. The predicted octanol–water partition coefficient (Wildman–Crippen LogP) is 2.99. The molecule has 0 radical (unpaired) electrons. The van der Waals surface area contributed by atoms with Crippen molar-refractivity contribution < 1.29 is 11.7 Å². The number of aryl methyl sites for hydroxylation is 1. The molecule has 0 aromatic heterocycles. The Hall–Kier alpha value is -0.338. The van der Waals surface area contributed by atoms with Crippen LogP contribution < -0.4 is 0 Å². The van der Waals surface area contributed by atoms with E-state index in [2.05, 4.69) is 0 Å².